The number of hydrogen-bond acceptors (Lipinski definition) is 2. The summed E-state index contributed by atoms with van der Waals surface area (Å²) in [7, 11) is 1.73. The van der Waals surface area contributed by atoms with Crippen LogP contribution in [0.2, 0.25) is 10.0 Å². The highest BCUT2D eigenvalue weighted by Gasteiger charge is 2.41. The minimum atomic E-state index is 0.0921. The van der Waals surface area contributed by atoms with Crippen LogP contribution in [0, 0.1) is 5.92 Å². The van der Waals surface area contributed by atoms with Gasteiger partial charge in [-0.3, -0.25) is 0 Å². The molecule has 4 heteroatoms. The minimum Gasteiger partial charge on any atom is -0.496 e. The Kier molecular flexibility index (Phi) is 4.07. The van der Waals surface area contributed by atoms with E-state index < -0.39 is 0 Å². The summed E-state index contributed by atoms with van der Waals surface area (Å²) in [5.74, 6) is 1.52. The third kappa shape index (κ3) is 2.55. The van der Waals surface area contributed by atoms with Crippen LogP contribution in [-0.2, 0) is 0 Å². The molecule has 3 aromatic rings. The lowest BCUT2D eigenvalue weighted by molar-refractivity contribution is 0.383. The van der Waals surface area contributed by atoms with Crippen LogP contribution < -0.4 is 10.1 Å². The van der Waals surface area contributed by atoms with Gasteiger partial charge in [0.1, 0.15) is 5.75 Å². The first-order valence-electron chi connectivity index (χ1n) is 9.15. The second-order valence-electron chi connectivity index (χ2n) is 7.20. The highest BCUT2D eigenvalue weighted by atomic mass is 35.5. The van der Waals surface area contributed by atoms with Crippen LogP contribution in [0.1, 0.15) is 29.5 Å². The van der Waals surface area contributed by atoms with E-state index in [0.29, 0.717) is 10.9 Å². The lowest BCUT2D eigenvalue weighted by Gasteiger charge is -2.39. The van der Waals surface area contributed by atoms with Gasteiger partial charge in [0.15, 0.2) is 0 Å². The molecule has 1 aliphatic heterocycles. The van der Waals surface area contributed by atoms with E-state index in [1.807, 2.05) is 12.1 Å². The molecule has 0 fully saturated rings. The molecule has 5 rings (SSSR count). The highest BCUT2D eigenvalue weighted by molar-refractivity contribution is 6.36. The monoisotopic (exact) mass is 395 g/mol. The van der Waals surface area contributed by atoms with Crippen LogP contribution in [0.25, 0.3) is 10.8 Å². The van der Waals surface area contributed by atoms with Gasteiger partial charge in [-0.05, 0) is 41.3 Å². The SMILES string of the molecule is COc1ccc2ccccc2c1C1Nc2c(Cl)ccc(Cl)c2C2C=CCC21. The number of fused-ring (bicyclic) bond motifs is 4. The first-order valence-corrected chi connectivity index (χ1v) is 9.91. The van der Waals surface area contributed by atoms with Crippen molar-refractivity contribution < 1.29 is 4.74 Å². The molecule has 3 unspecified atom stereocenters. The summed E-state index contributed by atoms with van der Waals surface area (Å²) in [4.78, 5) is 0. The van der Waals surface area contributed by atoms with Gasteiger partial charge in [0, 0.05) is 22.1 Å². The first kappa shape index (κ1) is 17.0. The van der Waals surface area contributed by atoms with Crippen molar-refractivity contribution in [3.63, 3.8) is 0 Å². The number of ether oxygens (including phenoxy) is 1. The zero-order valence-corrected chi connectivity index (χ0v) is 16.4. The molecule has 0 bridgehead atoms. The van der Waals surface area contributed by atoms with Crippen LogP contribution in [0.15, 0.2) is 60.7 Å². The largest absolute Gasteiger partial charge is 0.496 e. The van der Waals surface area contributed by atoms with Gasteiger partial charge in [-0.15, -0.1) is 0 Å². The van der Waals surface area contributed by atoms with Crippen LogP contribution in [0.5, 0.6) is 5.75 Å². The molecule has 136 valence electrons. The third-order valence-electron chi connectivity index (χ3n) is 5.88. The van der Waals surface area contributed by atoms with Crippen molar-refractivity contribution in [1.82, 2.24) is 0 Å². The summed E-state index contributed by atoms with van der Waals surface area (Å²) in [5, 5.41) is 7.62. The van der Waals surface area contributed by atoms with Gasteiger partial charge in [-0.25, -0.2) is 0 Å². The van der Waals surface area contributed by atoms with Crippen LogP contribution in [0.4, 0.5) is 5.69 Å². The molecule has 0 amide bonds. The molecule has 2 aliphatic rings. The second kappa shape index (κ2) is 6.47. The first-order chi connectivity index (χ1) is 13.2. The van der Waals surface area contributed by atoms with E-state index in [-0.39, 0.29) is 12.0 Å². The molecular weight excluding hydrogens is 377 g/mol. The van der Waals surface area contributed by atoms with Gasteiger partial charge in [0.25, 0.3) is 0 Å². The molecule has 0 aromatic heterocycles. The Labute approximate surface area is 168 Å². The van der Waals surface area contributed by atoms with Crippen LogP contribution in [0.3, 0.4) is 0 Å². The molecular formula is C23H19Cl2NO. The molecule has 1 aliphatic carbocycles. The maximum atomic E-state index is 6.57. The Morgan fingerprint density at radius 1 is 0.963 bits per heavy atom. The van der Waals surface area contributed by atoms with Crippen molar-refractivity contribution in [2.45, 2.75) is 18.4 Å². The minimum absolute atomic E-state index is 0.0921. The Balaban J connectivity index is 1.75. The maximum Gasteiger partial charge on any atom is 0.124 e. The Morgan fingerprint density at radius 2 is 1.78 bits per heavy atom. The van der Waals surface area contributed by atoms with E-state index in [1.165, 1.54) is 16.3 Å². The van der Waals surface area contributed by atoms with Gasteiger partial charge in [0.05, 0.1) is 23.9 Å². The number of hydrogen-bond donors (Lipinski definition) is 1. The van der Waals surface area contributed by atoms with E-state index >= 15 is 0 Å². The van der Waals surface area contributed by atoms with Crippen molar-refractivity contribution in [2.24, 2.45) is 5.92 Å². The van der Waals surface area contributed by atoms with E-state index in [4.69, 9.17) is 27.9 Å². The Bertz CT molecular complexity index is 1080. The van der Waals surface area contributed by atoms with Crippen LogP contribution >= 0.6 is 23.2 Å². The molecule has 27 heavy (non-hydrogen) atoms. The smallest absolute Gasteiger partial charge is 0.124 e. The van der Waals surface area contributed by atoms with Gasteiger partial charge in [-0.2, -0.15) is 0 Å². The van der Waals surface area contributed by atoms with Gasteiger partial charge < -0.3 is 10.1 Å². The zero-order valence-electron chi connectivity index (χ0n) is 14.9. The quantitative estimate of drug-likeness (QED) is 0.472. The summed E-state index contributed by atoms with van der Waals surface area (Å²) < 4.78 is 5.78. The molecule has 0 radical (unpaired) electrons. The number of halogens is 2. The van der Waals surface area contributed by atoms with Crippen molar-refractivity contribution in [3.8, 4) is 5.75 Å². The maximum absolute atomic E-state index is 6.57. The molecule has 3 aromatic carbocycles. The van der Waals surface area contributed by atoms with E-state index in [9.17, 15) is 0 Å². The molecule has 2 nitrogen and oxygen atoms in total. The van der Waals surface area contributed by atoms with Crippen molar-refractivity contribution in [3.05, 3.63) is 81.9 Å². The zero-order chi connectivity index (χ0) is 18.5. The number of allylic oxidation sites excluding steroid dienone is 2. The van der Waals surface area contributed by atoms with Crippen LogP contribution in [-0.4, -0.2) is 7.11 Å². The van der Waals surface area contributed by atoms with E-state index in [2.05, 4.69) is 53.9 Å². The number of anilines is 1. The van der Waals surface area contributed by atoms with Crippen molar-refractivity contribution in [2.75, 3.05) is 12.4 Å². The summed E-state index contributed by atoms with van der Waals surface area (Å²) in [5.41, 5.74) is 3.24. The number of rotatable bonds is 2. The standard InChI is InChI=1S/C23H19Cl2NO/c1-27-19-12-9-13-5-2-3-6-14(13)21(19)22-16-8-4-7-15(16)20-17(24)10-11-18(25)23(20)26-22/h2-7,9-12,15-16,22,26H,8H2,1H3. The fourth-order valence-electron chi connectivity index (χ4n) is 4.69. The number of methoxy groups -OCH3 is 1. The summed E-state index contributed by atoms with van der Waals surface area (Å²) in [6, 6.07) is 16.5. The van der Waals surface area contributed by atoms with E-state index in [1.54, 1.807) is 7.11 Å². The fraction of sp³-hybridized carbons (Fsp3) is 0.217. The number of nitrogens with one attached hydrogen (secondary N) is 1. The van der Waals surface area contributed by atoms with Gasteiger partial charge in [0.2, 0.25) is 0 Å². The van der Waals surface area contributed by atoms with Crippen molar-refractivity contribution >= 4 is 39.7 Å². The molecule has 1 N–H and O–H groups in total. The molecule has 3 atom stereocenters. The highest BCUT2D eigenvalue weighted by Crippen LogP contribution is 2.55. The molecule has 0 saturated carbocycles. The topological polar surface area (TPSA) is 21.3 Å². The van der Waals surface area contributed by atoms with Gasteiger partial charge >= 0.3 is 0 Å². The average molecular weight is 396 g/mol. The fourth-order valence-corrected chi connectivity index (χ4v) is 5.19. The lowest BCUT2D eigenvalue weighted by Crippen LogP contribution is -2.30. The predicted molar refractivity (Wildman–Crippen MR) is 113 cm³/mol. The van der Waals surface area contributed by atoms with E-state index in [0.717, 1.165) is 28.4 Å². The molecule has 0 saturated heterocycles. The normalized spacial score (nSPS) is 23.0. The van der Waals surface area contributed by atoms with Crippen molar-refractivity contribution in [1.29, 1.82) is 0 Å². The molecule has 1 heterocycles. The summed E-state index contributed by atoms with van der Waals surface area (Å²) in [6.45, 7) is 0. The number of benzene rings is 3. The second-order valence-corrected chi connectivity index (χ2v) is 8.01. The lowest BCUT2D eigenvalue weighted by atomic mass is 9.76. The predicted octanol–water partition coefficient (Wildman–Crippen LogP) is 6.98. The third-order valence-corrected chi connectivity index (χ3v) is 6.52. The average Bonchev–Trinajstić information content (AvgIpc) is 3.19. The Hall–Kier alpha value is -2.16. The summed E-state index contributed by atoms with van der Waals surface area (Å²) >= 11 is 13.1. The van der Waals surface area contributed by atoms with Gasteiger partial charge in [-0.1, -0.05) is 65.7 Å². The molecule has 0 spiro atoms. The summed E-state index contributed by atoms with van der Waals surface area (Å²) in [6.07, 6.45) is 5.53. The Morgan fingerprint density at radius 3 is 2.63 bits per heavy atom.